The van der Waals surface area contributed by atoms with Gasteiger partial charge in [-0.3, -0.25) is 4.79 Å². The van der Waals surface area contributed by atoms with Gasteiger partial charge in [-0.05, 0) is 55.2 Å². The third-order valence-corrected chi connectivity index (χ3v) is 6.30. The van der Waals surface area contributed by atoms with Gasteiger partial charge in [0.15, 0.2) is 0 Å². The summed E-state index contributed by atoms with van der Waals surface area (Å²) in [6.45, 7) is 1.69. The molecular weight excluding hydrogens is 456 g/mol. The van der Waals surface area contributed by atoms with Crippen molar-refractivity contribution in [3.05, 3.63) is 68.9 Å². The van der Waals surface area contributed by atoms with E-state index in [2.05, 4.69) is 54.0 Å². The summed E-state index contributed by atoms with van der Waals surface area (Å²) in [4.78, 5) is 19.0. The van der Waals surface area contributed by atoms with Gasteiger partial charge in [-0.15, -0.1) is 0 Å². The van der Waals surface area contributed by atoms with Crippen LogP contribution >= 0.6 is 31.9 Å². The summed E-state index contributed by atoms with van der Waals surface area (Å²) in [6, 6.07) is 12.2. The van der Waals surface area contributed by atoms with Crippen LogP contribution in [-0.4, -0.2) is 15.8 Å². The zero-order valence-electron chi connectivity index (χ0n) is 14.3. The highest BCUT2D eigenvalue weighted by Crippen LogP contribution is 2.32. The average molecular weight is 474 g/mol. The van der Waals surface area contributed by atoms with Gasteiger partial charge < -0.3 is 9.97 Å². The topological polar surface area (TPSA) is 48.6 Å². The molecule has 132 valence electrons. The van der Waals surface area contributed by atoms with Crippen LogP contribution in [0, 0.1) is 5.92 Å². The minimum atomic E-state index is -0.0628. The fourth-order valence-corrected chi connectivity index (χ4v) is 4.87. The molecule has 26 heavy (non-hydrogen) atoms. The second-order valence-electron chi connectivity index (χ2n) is 6.67. The Balaban J connectivity index is 1.69. The van der Waals surface area contributed by atoms with Crippen molar-refractivity contribution >= 4 is 59.4 Å². The summed E-state index contributed by atoms with van der Waals surface area (Å²) in [5.41, 5.74) is 4.52. The highest BCUT2D eigenvalue weighted by atomic mass is 79.9. The number of Topliss-reactive ketones (excluding diaryl/α,β-unsaturated/α-hetero) is 1. The smallest absolute Gasteiger partial charge is 0.133 e. The Bertz CT molecular complexity index is 1030. The lowest BCUT2D eigenvalue weighted by Gasteiger charge is -2.14. The Morgan fingerprint density at radius 1 is 0.885 bits per heavy atom. The molecule has 4 aromatic rings. The molecule has 0 atom stereocenters. The first kappa shape index (κ1) is 17.6. The molecule has 5 heteroatoms. The third-order valence-electron chi connectivity index (χ3n) is 4.98. The van der Waals surface area contributed by atoms with Crippen LogP contribution < -0.4 is 0 Å². The molecule has 0 saturated carbocycles. The number of benzene rings is 2. The molecule has 0 unspecified atom stereocenters. The number of H-pyrrole nitrogens is 2. The number of carbonyl (C=O) groups excluding carboxylic acids is 1. The van der Waals surface area contributed by atoms with Gasteiger partial charge >= 0.3 is 0 Å². The molecule has 0 amide bonds. The number of rotatable bonds is 5. The molecule has 0 spiro atoms. The van der Waals surface area contributed by atoms with Crippen molar-refractivity contribution < 1.29 is 4.79 Å². The van der Waals surface area contributed by atoms with Crippen molar-refractivity contribution in [3.63, 3.8) is 0 Å². The van der Waals surface area contributed by atoms with E-state index < -0.39 is 0 Å². The summed E-state index contributed by atoms with van der Waals surface area (Å²) in [6.07, 6.45) is 5.48. The maximum Gasteiger partial charge on any atom is 0.133 e. The number of carbonyl (C=O) groups is 1. The van der Waals surface area contributed by atoms with Crippen LogP contribution in [0.25, 0.3) is 21.8 Å². The van der Waals surface area contributed by atoms with E-state index in [9.17, 15) is 4.79 Å². The first-order valence-corrected chi connectivity index (χ1v) is 10.1. The van der Waals surface area contributed by atoms with E-state index in [0.29, 0.717) is 0 Å². The van der Waals surface area contributed by atoms with E-state index in [0.717, 1.165) is 32.8 Å². The van der Waals surface area contributed by atoms with Crippen LogP contribution in [0.4, 0.5) is 0 Å². The van der Waals surface area contributed by atoms with Crippen molar-refractivity contribution in [2.24, 2.45) is 5.92 Å². The first-order chi connectivity index (χ1) is 12.5. The Kier molecular flexibility index (Phi) is 4.76. The molecule has 0 aliphatic heterocycles. The Morgan fingerprint density at radius 2 is 1.35 bits per heavy atom. The zero-order valence-corrected chi connectivity index (χ0v) is 17.4. The predicted molar refractivity (Wildman–Crippen MR) is 114 cm³/mol. The summed E-state index contributed by atoms with van der Waals surface area (Å²) >= 11 is 7.28. The van der Waals surface area contributed by atoms with Gasteiger partial charge in [0.05, 0.1) is 0 Å². The molecule has 0 bridgehead atoms. The van der Waals surface area contributed by atoms with Crippen LogP contribution in [0.3, 0.4) is 0 Å². The van der Waals surface area contributed by atoms with Crippen LogP contribution in [-0.2, 0) is 17.6 Å². The normalized spacial score (nSPS) is 11.7. The summed E-state index contributed by atoms with van der Waals surface area (Å²) in [7, 11) is 0. The molecule has 0 aliphatic rings. The van der Waals surface area contributed by atoms with Gasteiger partial charge in [0.1, 0.15) is 5.78 Å². The fraction of sp³-hybridized carbons (Fsp3) is 0.190. The van der Waals surface area contributed by atoms with Crippen molar-refractivity contribution in [2.45, 2.75) is 19.8 Å². The standard InChI is InChI=1S/C21H18Br2N2O/c1-12(26)13(8-14-10-24-18-6-2-4-16(22)20(14)18)9-15-11-25-19-7-3-5-17(23)21(15)19/h2-7,10-11,13,24-25H,8-9H2,1H3. The monoisotopic (exact) mass is 472 g/mol. The molecular formula is C21H18Br2N2O. The molecule has 0 aliphatic carbocycles. The number of hydrogen-bond acceptors (Lipinski definition) is 1. The van der Waals surface area contributed by atoms with Crippen LogP contribution in [0.5, 0.6) is 0 Å². The molecule has 2 aromatic heterocycles. The SMILES string of the molecule is CC(=O)C(Cc1c[nH]c2cccc(Br)c12)Cc1c[nH]c2cccc(Br)c12. The number of hydrogen-bond donors (Lipinski definition) is 2. The second-order valence-corrected chi connectivity index (χ2v) is 8.38. The molecule has 0 radical (unpaired) electrons. The van der Waals surface area contributed by atoms with Gasteiger partial charge in [0, 0.05) is 49.1 Å². The van der Waals surface area contributed by atoms with Crippen LogP contribution in [0.15, 0.2) is 57.7 Å². The molecule has 2 aromatic carbocycles. The van der Waals surface area contributed by atoms with Gasteiger partial charge in [-0.2, -0.15) is 0 Å². The number of fused-ring (bicyclic) bond motifs is 2. The quantitative estimate of drug-likeness (QED) is 0.358. The molecule has 0 fully saturated rings. The van der Waals surface area contributed by atoms with E-state index in [1.54, 1.807) is 6.92 Å². The van der Waals surface area contributed by atoms with Crippen LogP contribution in [0.1, 0.15) is 18.1 Å². The molecule has 3 nitrogen and oxygen atoms in total. The van der Waals surface area contributed by atoms with Gasteiger partial charge in [0.25, 0.3) is 0 Å². The molecule has 0 saturated heterocycles. The minimum absolute atomic E-state index is 0.0628. The third kappa shape index (κ3) is 3.14. The lowest BCUT2D eigenvalue weighted by Crippen LogP contribution is -2.16. The minimum Gasteiger partial charge on any atom is -0.361 e. The maximum absolute atomic E-state index is 12.4. The lowest BCUT2D eigenvalue weighted by atomic mass is 9.89. The summed E-state index contributed by atoms with van der Waals surface area (Å²) in [5, 5.41) is 2.33. The average Bonchev–Trinajstić information content (AvgIpc) is 3.20. The molecule has 4 rings (SSSR count). The Morgan fingerprint density at radius 3 is 1.77 bits per heavy atom. The van der Waals surface area contributed by atoms with Crippen molar-refractivity contribution in [1.82, 2.24) is 9.97 Å². The van der Waals surface area contributed by atoms with E-state index >= 15 is 0 Å². The largest absolute Gasteiger partial charge is 0.361 e. The van der Waals surface area contributed by atoms with E-state index in [4.69, 9.17) is 0 Å². The van der Waals surface area contributed by atoms with Gasteiger partial charge in [-0.1, -0.05) is 44.0 Å². The van der Waals surface area contributed by atoms with Crippen molar-refractivity contribution in [3.8, 4) is 0 Å². The van der Waals surface area contributed by atoms with Gasteiger partial charge in [-0.25, -0.2) is 0 Å². The van der Waals surface area contributed by atoms with E-state index in [1.807, 2.05) is 36.7 Å². The summed E-state index contributed by atoms with van der Waals surface area (Å²) in [5.74, 6) is 0.153. The predicted octanol–water partition coefficient (Wildman–Crippen LogP) is 6.16. The highest BCUT2D eigenvalue weighted by molar-refractivity contribution is 9.11. The summed E-state index contributed by atoms with van der Waals surface area (Å²) < 4.78 is 2.12. The van der Waals surface area contributed by atoms with Crippen molar-refractivity contribution in [1.29, 1.82) is 0 Å². The number of ketones is 1. The van der Waals surface area contributed by atoms with Crippen molar-refractivity contribution in [2.75, 3.05) is 0 Å². The Hall–Kier alpha value is -1.85. The van der Waals surface area contributed by atoms with E-state index in [1.165, 1.54) is 21.9 Å². The lowest BCUT2D eigenvalue weighted by molar-refractivity contribution is -0.120. The maximum atomic E-state index is 12.4. The second kappa shape index (κ2) is 7.05. The highest BCUT2D eigenvalue weighted by Gasteiger charge is 2.20. The Labute approximate surface area is 168 Å². The number of nitrogens with one attached hydrogen (secondary N) is 2. The number of halogens is 2. The number of aromatic nitrogens is 2. The fourth-order valence-electron chi connectivity index (χ4n) is 3.63. The molecule has 2 N–H and O–H groups in total. The van der Waals surface area contributed by atoms with Crippen LogP contribution in [0.2, 0.25) is 0 Å². The number of aromatic amines is 2. The van der Waals surface area contributed by atoms with Gasteiger partial charge in [0.2, 0.25) is 0 Å². The zero-order chi connectivity index (χ0) is 18.3. The molecule has 2 heterocycles. The van der Waals surface area contributed by atoms with E-state index in [-0.39, 0.29) is 11.7 Å². The first-order valence-electron chi connectivity index (χ1n) is 8.54.